The SMILES string of the molecule is C1=CC(NCc2ccccc2)(c2nc3ccccc3[nH]2)N=C1. The molecule has 4 nitrogen and oxygen atoms in total. The molecule has 0 fully saturated rings. The van der Waals surface area contributed by atoms with Gasteiger partial charge in [-0.1, -0.05) is 42.5 Å². The van der Waals surface area contributed by atoms with Crippen LogP contribution in [0.15, 0.2) is 71.7 Å². The van der Waals surface area contributed by atoms with Crippen molar-refractivity contribution in [3.8, 4) is 0 Å². The van der Waals surface area contributed by atoms with E-state index in [1.165, 1.54) is 5.56 Å². The Bertz CT molecular complexity index is 801. The van der Waals surface area contributed by atoms with Gasteiger partial charge in [0.2, 0.25) is 0 Å². The summed E-state index contributed by atoms with van der Waals surface area (Å²) < 4.78 is 0. The van der Waals surface area contributed by atoms with E-state index in [0.29, 0.717) is 0 Å². The third-order valence-electron chi connectivity index (χ3n) is 3.86. The first-order valence-corrected chi connectivity index (χ1v) is 7.33. The molecule has 0 amide bonds. The van der Waals surface area contributed by atoms with Crippen LogP contribution in [-0.4, -0.2) is 16.2 Å². The summed E-state index contributed by atoms with van der Waals surface area (Å²) >= 11 is 0. The Balaban J connectivity index is 1.68. The summed E-state index contributed by atoms with van der Waals surface area (Å²) in [5, 5.41) is 3.51. The van der Waals surface area contributed by atoms with E-state index < -0.39 is 5.66 Å². The van der Waals surface area contributed by atoms with Crippen LogP contribution in [0.2, 0.25) is 0 Å². The molecule has 4 heteroatoms. The molecule has 108 valence electrons. The van der Waals surface area contributed by atoms with Crippen molar-refractivity contribution in [2.75, 3.05) is 0 Å². The second-order valence-electron chi connectivity index (χ2n) is 5.35. The number of benzene rings is 2. The van der Waals surface area contributed by atoms with E-state index in [1.54, 1.807) is 0 Å². The standard InChI is InChI=1S/C18H16N4/c1-2-7-14(8-3-1)13-20-18(11-6-12-19-18)17-21-15-9-4-5-10-16(15)22-17/h1-12,20H,13H2,(H,21,22). The number of aliphatic imine (C=N–C) groups is 1. The number of aromatic nitrogens is 2. The number of hydrogen-bond donors (Lipinski definition) is 2. The Morgan fingerprint density at radius 2 is 1.82 bits per heavy atom. The Morgan fingerprint density at radius 3 is 2.59 bits per heavy atom. The van der Waals surface area contributed by atoms with Gasteiger partial charge in [-0.3, -0.25) is 10.3 Å². The first-order valence-electron chi connectivity index (χ1n) is 7.33. The van der Waals surface area contributed by atoms with E-state index in [1.807, 2.05) is 60.8 Å². The topological polar surface area (TPSA) is 53.1 Å². The lowest BCUT2D eigenvalue weighted by Gasteiger charge is -2.23. The lowest BCUT2D eigenvalue weighted by molar-refractivity contribution is 0.419. The molecule has 0 spiro atoms. The third-order valence-corrected chi connectivity index (χ3v) is 3.86. The van der Waals surface area contributed by atoms with Gasteiger partial charge in [-0.05, 0) is 29.8 Å². The molecule has 0 aliphatic carbocycles. The van der Waals surface area contributed by atoms with Crippen molar-refractivity contribution >= 4 is 17.2 Å². The number of fused-ring (bicyclic) bond motifs is 1. The Morgan fingerprint density at radius 1 is 1.00 bits per heavy atom. The predicted octanol–water partition coefficient (Wildman–Crippen LogP) is 3.15. The zero-order valence-electron chi connectivity index (χ0n) is 12.0. The Kier molecular flexibility index (Phi) is 3.09. The molecular weight excluding hydrogens is 272 g/mol. The van der Waals surface area contributed by atoms with E-state index in [4.69, 9.17) is 4.98 Å². The Hall–Kier alpha value is -2.72. The number of H-pyrrole nitrogens is 1. The Labute approximate surface area is 128 Å². The summed E-state index contributed by atoms with van der Waals surface area (Å²) in [7, 11) is 0. The molecule has 4 rings (SSSR count). The van der Waals surface area contributed by atoms with Crippen LogP contribution < -0.4 is 5.32 Å². The summed E-state index contributed by atoms with van der Waals surface area (Å²) in [6.07, 6.45) is 5.80. The molecule has 1 unspecified atom stereocenters. The second-order valence-corrected chi connectivity index (χ2v) is 5.35. The number of hydrogen-bond acceptors (Lipinski definition) is 3. The average Bonchev–Trinajstić information content (AvgIpc) is 3.21. The fraction of sp³-hybridized carbons (Fsp3) is 0.111. The quantitative estimate of drug-likeness (QED) is 0.775. The van der Waals surface area contributed by atoms with E-state index in [9.17, 15) is 0 Å². The van der Waals surface area contributed by atoms with Crippen LogP contribution in [0.5, 0.6) is 0 Å². The van der Waals surface area contributed by atoms with Gasteiger partial charge in [-0.2, -0.15) is 0 Å². The fourth-order valence-corrected chi connectivity index (χ4v) is 2.68. The number of imidazole rings is 1. The van der Waals surface area contributed by atoms with E-state index in [-0.39, 0.29) is 0 Å². The molecular formula is C18H16N4. The lowest BCUT2D eigenvalue weighted by atomic mass is 10.1. The van der Waals surface area contributed by atoms with Gasteiger partial charge in [0.05, 0.1) is 11.0 Å². The third kappa shape index (κ3) is 2.23. The molecule has 2 N–H and O–H groups in total. The minimum atomic E-state index is -0.616. The van der Waals surface area contributed by atoms with Crippen LogP contribution in [0.25, 0.3) is 11.0 Å². The van der Waals surface area contributed by atoms with Gasteiger partial charge in [0.1, 0.15) is 0 Å². The van der Waals surface area contributed by atoms with Crippen LogP contribution in [0.3, 0.4) is 0 Å². The fourth-order valence-electron chi connectivity index (χ4n) is 2.68. The van der Waals surface area contributed by atoms with Gasteiger partial charge in [-0.15, -0.1) is 0 Å². The summed E-state index contributed by atoms with van der Waals surface area (Å²) in [4.78, 5) is 12.7. The first-order chi connectivity index (χ1) is 10.9. The van der Waals surface area contributed by atoms with Crippen molar-refractivity contribution in [3.63, 3.8) is 0 Å². The highest BCUT2D eigenvalue weighted by Gasteiger charge is 2.33. The maximum Gasteiger partial charge on any atom is 0.188 e. The van der Waals surface area contributed by atoms with Crippen LogP contribution in [0.4, 0.5) is 0 Å². The van der Waals surface area contributed by atoms with Gasteiger partial charge >= 0.3 is 0 Å². The molecule has 22 heavy (non-hydrogen) atoms. The van der Waals surface area contributed by atoms with Gasteiger partial charge in [0.15, 0.2) is 11.5 Å². The predicted molar refractivity (Wildman–Crippen MR) is 88.7 cm³/mol. The van der Waals surface area contributed by atoms with Crippen molar-refractivity contribution in [1.29, 1.82) is 0 Å². The van der Waals surface area contributed by atoms with Crippen molar-refractivity contribution in [2.45, 2.75) is 12.2 Å². The second kappa shape index (κ2) is 5.24. The molecule has 0 saturated heterocycles. The molecule has 1 aliphatic heterocycles. The maximum atomic E-state index is 4.70. The molecule has 0 saturated carbocycles. The summed E-state index contributed by atoms with van der Waals surface area (Å²) in [6.45, 7) is 0.722. The molecule has 3 aromatic rings. The van der Waals surface area contributed by atoms with Crippen molar-refractivity contribution in [3.05, 3.63) is 78.1 Å². The number of nitrogens with zero attached hydrogens (tertiary/aromatic N) is 2. The van der Waals surface area contributed by atoms with Gasteiger partial charge in [-0.25, -0.2) is 4.98 Å². The normalized spacial score (nSPS) is 20.0. The molecule has 2 aromatic carbocycles. The molecule has 0 bridgehead atoms. The van der Waals surface area contributed by atoms with Crippen LogP contribution in [0.1, 0.15) is 11.4 Å². The van der Waals surface area contributed by atoms with Crippen LogP contribution in [0, 0.1) is 0 Å². The van der Waals surface area contributed by atoms with Crippen molar-refractivity contribution < 1.29 is 0 Å². The van der Waals surface area contributed by atoms with Gasteiger partial charge in [0.25, 0.3) is 0 Å². The van der Waals surface area contributed by atoms with E-state index in [2.05, 4.69) is 27.4 Å². The minimum Gasteiger partial charge on any atom is -0.338 e. The van der Waals surface area contributed by atoms with E-state index in [0.717, 1.165) is 23.4 Å². The molecule has 1 atom stereocenters. The van der Waals surface area contributed by atoms with E-state index >= 15 is 0 Å². The monoisotopic (exact) mass is 288 g/mol. The van der Waals surface area contributed by atoms with Gasteiger partial charge < -0.3 is 4.98 Å². The zero-order valence-corrected chi connectivity index (χ0v) is 12.0. The number of nitrogens with one attached hydrogen (secondary N) is 2. The largest absolute Gasteiger partial charge is 0.338 e. The number of rotatable bonds is 4. The first kappa shape index (κ1) is 13.0. The van der Waals surface area contributed by atoms with Crippen LogP contribution in [-0.2, 0) is 12.2 Å². The molecule has 2 heterocycles. The number of para-hydroxylation sites is 2. The number of aromatic amines is 1. The highest BCUT2D eigenvalue weighted by Crippen LogP contribution is 2.27. The van der Waals surface area contributed by atoms with Crippen LogP contribution >= 0.6 is 0 Å². The highest BCUT2D eigenvalue weighted by atomic mass is 15.2. The lowest BCUT2D eigenvalue weighted by Crippen LogP contribution is -2.38. The minimum absolute atomic E-state index is 0.616. The smallest absolute Gasteiger partial charge is 0.188 e. The van der Waals surface area contributed by atoms with Crippen molar-refractivity contribution in [2.24, 2.45) is 4.99 Å². The molecule has 0 radical (unpaired) electrons. The summed E-state index contributed by atoms with van der Waals surface area (Å²) in [5.41, 5.74) is 2.57. The summed E-state index contributed by atoms with van der Waals surface area (Å²) in [5.74, 6) is 0.814. The number of allylic oxidation sites excluding steroid dienone is 1. The average molecular weight is 288 g/mol. The van der Waals surface area contributed by atoms with Gasteiger partial charge in [0, 0.05) is 12.8 Å². The molecule has 1 aliphatic rings. The maximum absolute atomic E-state index is 4.70. The highest BCUT2D eigenvalue weighted by molar-refractivity contribution is 5.77. The summed E-state index contributed by atoms with van der Waals surface area (Å²) in [6, 6.07) is 18.3. The molecule has 1 aromatic heterocycles. The zero-order chi connectivity index (χ0) is 14.8. The van der Waals surface area contributed by atoms with Crippen molar-refractivity contribution in [1.82, 2.24) is 15.3 Å².